The van der Waals surface area contributed by atoms with Crippen molar-refractivity contribution in [2.75, 3.05) is 12.3 Å². The van der Waals surface area contributed by atoms with Gasteiger partial charge in [0.15, 0.2) is 5.82 Å². The third-order valence-corrected chi connectivity index (χ3v) is 3.33. The normalized spacial score (nSPS) is 14.8. The van der Waals surface area contributed by atoms with Crippen molar-refractivity contribution < 1.29 is 17.9 Å². The van der Waals surface area contributed by atoms with Gasteiger partial charge in [0.05, 0.1) is 24.5 Å². The average molecular weight is 295 g/mol. The van der Waals surface area contributed by atoms with Gasteiger partial charge in [-0.15, -0.1) is 0 Å². The molecule has 2 heterocycles. The summed E-state index contributed by atoms with van der Waals surface area (Å²) in [5, 5.41) is 0. The third kappa shape index (κ3) is 2.56. The van der Waals surface area contributed by atoms with Crippen molar-refractivity contribution in [2.45, 2.75) is 19.2 Å². The lowest BCUT2D eigenvalue weighted by molar-refractivity contribution is -0.137. The molecule has 0 aliphatic carbocycles. The fraction of sp³-hybridized carbons (Fsp3) is 0.286. The minimum Gasteiger partial charge on any atom is -0.383 e. The van der Waals surface area contributed by atoms with Crippen LogP contribution in [-0.2, 0) is 23.9 Å². The van der Waals surface area contributed by atoms with Crippen LogP contribution in [0.3, 0.4) is 0 Å². The van der Waals surface area contributed by atoms with Gasteiger partial charge in [-0.25, -0.2) is 9.97 Å². The van der Waals surface area contributed by atoms with Crippen LogP contribution >= 0.6 is 0 Å². The Bertz CT molecular complexity index is 686. The summed E-state index contributed by atoms with van der Waals surface area (Å²) in [5.41, 5.74) is 6.31. The van der Waals surface area contributed by atoms with Crippen LogP contribution in [0.1, 0.15) is 16.8 Å². The number of halogens is 3. The lowest BCUT2D eigenvalue weighted by Gasteiger charge is -2.19. The van der Waals surface area contributed by atoms with Gasteiger partial charge < -0.3 is 10.5 Å². The highest BCUT2D eigenvalue weighted by atomic mass is 19.4. The Morgan fingerprint density at radius 3 is 2.67 bits per heavy atom. The van der Waals surface area contributed by atoms with Crippen molar-refractivity contribution in [1.29, 1.82) is 0 Å². The second-order valence-corrected chi connectivity index (χ2v) is 4.70. The molecule has 0 amide bonds. The molecule has 21 heavy (non-hydrogen) atoms. The first-order valence-electron chi connectivity index (χ1n) is 6.36. The van der Waals surface area contributed by atoms with Crippen molar-refractivity contribution in [2.24, 2.45) is 0 Å². The Kier molecular flexibility index (Phi) is 3.29. The molecule has 0 saturated carbocycles. The molecule has 0 radical (unpaired) electrons. The second-order valence-electron chi connectivity index (χ2n) is 4.70. The highest BCUT2D eigenvalue weighted by molar-refractivity contribution is 5.63. The maximum atomic E-state index is 13.1. The van der Waals surface area contributed by atoms with Gasteiger partial charge in [-0.05, 0) is 6.07 Å². The molecule has 110 valence electrons. The summed E-state index contributed by atoms with van der Waals surface area (Å²) in [7, 11) is 0. The van der Waals surface area contributed by atoms with E-state index in [4.69, 9.17) is 10.5 Å². The number of ether oxygens (including phenoxy) is 1. The van der Waals surface area contributed by atoms with Gasteiger partial charge in [-0.2, -0.15) is 13.2 Å². The van der Waals surface area contributed by atoms with Gasteiger partial charge in [0.2, 0.25) is 0 Å². The monoisotopic (exact) mass is 295 g/mol. The maximum Gasteiger partial charge on any atom is 0.417 e. The summed E-state index contributed by atoms with van der Waals surface area (Å²) in [6, 6.07) is 5.22. The Hall–Kier alpha value is -2.15. The fourth-order valence-electron chi connectivity index (χ4n) is 2.30. The SMILES string of the molecule is Nc1nc(-c2ccccc2C(F)(F)F)nc2c1COCC2. The standard InChI is InChI=1S/C14H12F3N3O/c15-14(16,17)10-4-2-1-3-8(10)13-19-11-5-6-21-7-9(11)12(18)20-13/h1-4H,5-7H2,(H2,18,19,20). The van der Waals surface area contributed by atoms with E-state index in [1.165, 1.54) is 18.2 Å². The molecule has 4 nitrogen and oxygen atoms in total. The number of alkyl halides is 3. The van der Waals surface area contributed by atoms with Gasteiger partial charge in [0.25, 0.3) is 0 Å². The van der Waals surface area contributed by atoms with Crippen LogP contribution in [0.15, 0.2) is 24.3 Å². The van der Waals surface area contributed by atoms with E-state index in [9.17, 15) is 13.2 Å². The molecule has 1 aromatic carbocycles. The van der Waals surface area contributed by atoms with Gasteiger partial charge in [0.1, 0.15) is 5.82 Å². The van der Waals surface area contributed by atoms with E-state index in [1.54, 1.807) is 0 Å². The Morgan fingerprint density at radius 1 is 1.14 bits per heavy atom. The number of anilines is 1. The summed E-state index contributed by atoms with van der Waals surface area (Å²) < 4.78 is 44.5. The number of nitrogen functional groups attached to an aromatic ring is 1. The van der Waals surface area contributed by atoms with Crippen molar-refractivity contribution in [1.82, 2.24) is 9.97 Å². The number of nitrogens with zero attached hydrogens (tertiary/aromatic N) is 2. The molecule has 2 N–H and O–H groups in total. The first-order chi connectivity index (χ1) is 9.97. The van der Waals surface area contributed by atoms with E-state index in [1.807, 2.05) is 0 Å². The lowest BCUT2D eigenvalue weighted by Crippen LogP contribution is -2.17. The summed E-state index contributed by atoms with van der Waals surface area (Å²) in [6.07, 6.45) is -3.95. The summed E-state index contributed by atoms with van der Waals surface area (Å²) in [5.74, 6) is 0.174. The zero-order valence-corrected chi connectivity index (χ0v) is 10.9. The van der Waals surface area contributed by atoms with Crippen molar-refractivity contribution in [3.05, 3.63) is 41.1 Å². The number of nitrogens with two attached hydrogens (primary N) is 1. The van der Waals surface area contributed by atoms with Crippen LogP contribution in [0, 0.1) is 0 Å². The van der Waals surface area contributed by atoms with E-state index < -0.39 is 11.7 Å². The van der Waals surface area contributed by atoms with Crippen LogP contribution in [0.5, 0.6) is 0 Å². The second kappa shape index (κ2) is 5.00. The summed E-state index contributed by atoms with van der Waals surface area (Å²) >= 11 is 0. The molecule has 0 saturated heterocycles. The Morgan fingerprint density at radius 2 is 1.90 bits per heavy atom. The van der Waals surface area contributed by atoms with Crippen LogP contribution in [0.4, 0.5) is 19.0 Å². The Balaban J connectivity index is 2.16. The molecule has 3 rings (SSSR count). The van der Waals surface area contributed by atoms with E-state index >= 15 is 0 Å². The van der Waals surface area contributed by atoms with E-state index in [0.717, 1.165) is 6.07 Å². The molecule has 0 spiro atoms. The third-order valence-electron chi connectivity index (χ3n) is 3.33. The van der Waals surface area contributed by atoms with Crippen LogP contribution in [0.25, 0.3) is 11.4 Å². The van der Waals surface area contributed by atoms with Crippen molar-refractivity contribution >= 4 is 5.82 Å². The largest absolute Gasteiger partial charge is 0.417 e. The zero-order chi connectivity index (χ0) is 15.0. The highest BCUT2D eigenvalue weighted by Gasteiger charge is 2.34. The molecule has 7 heteroatoms. The number of benzene rings is 1. The minimum atomic E-state index is -4.46. The molecule has 0 atom stereocenters. The molecule has 1 aliphatic rings. The molecule has 1 aromatic heterocycles. The van der Waals surface area contributed by atoms with Crippen molar-refractivity contribution in [3.63, 3.8) is 0 Å². The molecular formula is C14H12F3N3O. The van der Waals surface area contributed by atoms with Crippen LogP contribution < -0.4 is 5.73 Å². The predicted octanol–water partition coefficient (Wildman–Crippen LogP) is 2.82. The van der Waals surface area contributed by atoms with Gasteiger partial charge in [-0.1, -0.05) is 18.2 Å². The highest BCUT2D eigenvalue weighted by Crippen LogP contribution is 2.36. The zero-order valence-electron chi connectivity index (χ0n) is 10.9. The number of hydrogen-bond acceptors (Lipinski definition) is 4. The molecular weight excluding hydrogens is 283 g/mol. The smallest absolute Gasteiger partial charge is 0.383 e. The summed E-state index contributed by atoms with van der Waals surface area (Å²) in [6.45, 7) is 0.770. The molecule has 0 bridgehead atoms. The van der Waals surface area contributed by atoms with Crippen LogP contribution in [-0.4, -0.2) is 16.6 Å². The van der Waals surface area contributed by atoms with E-state index in [2.05, 4.69) is 9.97 Å². The van der Waals surface area contributed by atoms with Crippen LogP contribution in [0.2, 0.25) is 0 Å². The van der Waals surface area contributed by atoms with Gasteiger partial charge in [-0.3, -0.25) is 0 Å². The van der Waals surface area contributed by atoms with Gasteiger partial charge >= 0.3 is 6.18 Å². The number of fused-ring (bicyclic) bond motifs is 1. The topological polar surface area (TPSA) is 61.0 Å². The molecule has 0 unspecified atom stereocenters. The average Bonchev–Trinajstić information content (AvgIpc) is 2.46. The van der Waals surface area contributed by atoms with E-state index in [-0.39, 0.29) is 17.2 Å². The maximum absolute atomic E-state index is 13.1. The van der Waals surface area contributed by atoms with Crippen molar-refractivity contribution in [3.8, 4) is 11.4 Å². The minimum absolute atomic E-state index is 0.000995. The first-order valence-corrected chi connectivity index (χ1v) is 6.36. The number of hydrogen-bond donors (Lipinski definition) is 1. The lowest BCUT2D eigenvalue weighted by atomic mass is 10.0. The number of rotatable bonds is 1. The Labute approximate surface area is 118 Å². The molecule has 2 aromatic rings. The first kappa shape index (κ1) is 13.8. The predicted molar refractivity (Wildman–Crippen MR) is 70.2 cm³/mol. The molecule has 1 aliphatic heterocycles. The molecule has 0 fully saturated rings. The van der Waals surface area contributed by atoms with E-state index in [0.29, 0.717) is 30.9 Å². The number of aromatic nitrogens is 2. The fourth-order valence-corrected chi connectivity index (χ4v) is 2.30. The van der Waals surface area contributed by atoms with Gasteiger partial charge in [0, 0.05) is 17.5 Å². The summed E-state index contributed by atoms with van der Waals surface area (Å²) in [4.78, 5) is 8.26. The quantitative estimate of drug-likeness (QED) is 0.878.